The zero-order valence-electron chi connectivity index (χ0n) is 8.42. The third-order valence-electron chi connectivity index (χ3n) is 3.51. The summed E-state index contributed by atoms with van der Waals surface area (Å²) in [6, 6.07) is 1.05. The highest BCUT2D eigenvalue weighted by atomic mass is 16.2. The van der Waals surface area contributed by atoms with Gasteiger partial charge in [0, 0.05) is 18.6 Å². The second kappa shape index (κ2) is 3.20. The van der Waals surface area contributed by atoms with E-state index in [0.717, 1.165) is 19.4 Å². The molecule has 1 heterocycles. The molecular formula is C10H18N2O. The Balaban J connectivity index is 1.78. The summed E-state index contributed by atoms with van der Waals surface area (Å²) < 4.78 is 0. The lowest BCUT2D eigenvalue weighted by Crippen LogP contribution is -2.57. The standard InChI is InChI=1S/C10H18N2O/c1-7-3-4-9(7)11-10(13)12-6-5-8(12)2/h7-9H,3-6H2,1-2H3,(H,11,13). The topological polar surface area (TPSA) is 32.3 Å². The van der Waals surface area contributed by atoms with E-state index >= 15 is 0 Å². The Morgan fingerprint density at radius 3 is 2.38 bits per heavy atom. The number of hydrogen-bond acceptors (Lipinski definition) is 1. The van der Waals surface area contributed by atoms with E-state index in [-0.39, 0.29) is 6.03 Å². The van der Waals surface area contributed by atoms with Crippen LogP contribution in [0.15, 0.2) is 0 Å². The normalized spacial score (nSPS) is 37.7. The summed E-state index contributed by atoms with van der Waals surface area (Å²) in [5.41, 5.74) is 0. The van der Waals surface area contributed by atoms with Gasteiger partial charge in [-0.1, -0.05) is 6.92 Å². The van der Waals surface area contributed by atoms with E-state index in [9.17, 15) is 4.79 Å². The molecule has 2 fully saturated rings. The van der Waals surface area contributed by atoms with Crippen molar-refractivity contribution in [2.75, 3.05) is 6.54 Å². The molecule has 0 radical (unpaired) electrons. The van der Waals surface area contributed by atoms with Gasteiger partial charge in [-0.2, -0.15) is 0 Å². The first-order valence-electron chi connectivity index (χ1n) is 5.25. The van der Waals surface area contributed by atoms with Gasteiger partial charge in [0.1, 0.15) is 0 Å². The van der Waals surface area contributed by atoms with Gasteiger partial charge in [-0.15, -0.1) is 0 Å². The second-order valence-electron chi connectivity index (χ2n) is 4.44. The van der Waals surface area contributed by atoms with Gasteiger partial charge in [0.05, 0.1) is 0 Å². The van der Waals surface area contributed by atoms with E-state index in [1.54, 1.807) is 0 Å². The molecule has 74 valence electrons. The van der Waals surface area contributed by atoms with Crippen LogP contribution in [0, 0.1) is 5.92 Å². The molecule has 3 unspecified atom stereocenters. The minimum atomic E-state index is 0.148. The molecule has 0 bridgehead atoms. The van der Waals surface area contributed by atoms with Gasteiger partial charge >= 0.3 is 6.03 Å². The van der Waals surface area contributed by atoms with Crippen LogP contribution in [0.2, 0.25) is 0 Å². The van der Waals surface area contributed by atoms with Crippen LogP contribution >= 0.6 is 0 Å². The van der Waals surface area contributed by atoms with Gasteiger partial charge in [0.15, 0.2) is 0 Å². The third kappa shape index (κ3) is 1.52. The van der Waals surface area contributed by atoms with Crippen LogP contribution in [-0.4, -0.2) is 29.6 Å². The van der Waals surface area contributed by atoms with Crippen molar-refractivity contribution < 1.29 is 4.79 Å². The van der Waals surface area contributed by atoms with Gasteiger partial charge < -0.3 is 10.2 Å². The van der Waals surface area contributed by atoms with Crippen LogP contribution in [0.5, 0.6) is 0 Å². The van der Waals surface area contributed by atoms with Crippen molar-refractivity contribution >= 4 is 6.03 Å². The van der Waals surface area contributed by atoms with E-state index in [1.807, 2.05) is 4.90 Å². The first kappa shape index (κ1) is 8.85. The second-order valence-corrected chi connectivity index (χ2v) is 4.44. The Morgan fingerprint density at radius 2 is 2.08 bits per heavy atom. The molecule has 3 nitrogen and oxygen atoms in total. The van der Waals surface area contributed by atoms with Gasteiger partial charge in [-0.3, -0.25) is 0 Å². The smallest absolute Gasteiger partial charge is 0.317 e. The van der Waals surface area contributed by atoms with Gasteiger partial charge in [-0.25, -0.2) is 4.79 Å². The SMILES string of the molecule is CC1CCC1NC(=O)N1CCC1C. The number of carbonyl (C=O) groups excluding carboxylic acids is 1. The van der Waals surface area contributed by atoms with Gasteiger partial charge in [-0.05, 0) is 32.1 Å². The molecule has 0 aromatic rings. The zero-order chi connectivity index (χ0) is 9.42. The highest BCUT2D eigenvalue weighted by Crippen LogP contribution is 2.27. The van der Waals surface area contributed by atoms with Crippen molar-refractivity contribution in [2.45, 2.75) is 45.2 Å². The number of amides is 2. The molecule has 13 heavy (non-hydrogen) atoms. The maximum Gasteiger partial charge on any atom is 0.317 e. The summed E-state index contributed by atoms with van der Waals surface area (Å²) in [6.45, 7) is 5.25. The summed E-state index contributed by atoms with van der Waals surface area (Å²) in [5, 5.41) is 3.09. The van der Waals surface area contributed by atoms with Crippen LogP contribution in [0.1, 0.15) is 33.1 Å². The molecule has 2 aliphatic rings. The average Bonchev–Trinajstić information content (AvgIpc) is 2.09. The maximum atomic E-state index is 11.6. The molecule has 2 amide bonds. The fraction of sp³-hybridized carbons (Fsp3) is 0.900. The summed E-state index contributed by atoms with van der Waals surface area (Å²) in [6.07, 6.45) is 3.59. The molecular weight excluding hydrogens is 164 g/mol. The largest absolute Gasteiger partial charge is 0.335 e. The molecule has 0 aromatic heterocycles. The molecule has 2 rings (SSSR count). The summed E-state index contributed by atoms with van der Waals surface area (Å²) in [4.78, 5) is 13.5. The number of urea groups is 1. The summed E-state index contributed by atoms with van der Waals surface area (Å²) in [7, 11) is 0. The molecule has 3 heteroatoms. The maximum absolute atomic E-state index is 11.6. The van der Waals surface area contributed by atoms with E-state index in [4.69, 9.17) is 0 Å². The minimum absolute atomic E-state index is 0.148. The number of rotatable bonds is 1. The van der Waals surface area contributed by atoms with E-state index in [2.05, 4.69) is 19.2 Å². The summed E-state index contributed by atoms with van der Waals surface area (Å²) in [5.74, 6) is 0.681. The Labute approximate surface area is 79.5 Å². The predicted octanol–water partition coefficient (Wildman–Crippen LogP) is 1.59. The molecule has 1 aliphatic heterocycles. The average molecular weight is 182 g/mol. The van der Waals surface area contributed by atoms with Crippen LogP contribution in [0.3, 0.4) is 0 Å². The fourth-order valence-electron chi connectivity index (χ4n) is 1.94. The Bertz CT molecular complexity index is 217. The fourth-order valence-corrected chi connectivity index (χ4v) is 1.94. The number of nitrogens with zero attached hydrogens (tertiary/aromatic N) is 1. The van der Waals surface area contributed by atoms with Crippen molar-refractivity contribution in [3.63, 3.8) is 0 Å². The van der Waals surface area contributed by atoms with Crippen molar-refractivity contribution in [3.05, 3.63) is 0 Å². The Hall–Kier alpha value is -0.730. The number of carbonyl (C=O) groups is 1. The van der Waals surface area contributed by atoms with Crippen LogP contribution in [0.25, 0.3) is 0 Å². The minimum Gasteiger partial charge on any atom is -0.335 e. The Kier molecular flexibility index (Phi) is 2.18. The predicted molar refractivity (Wildman–Crippen MR) is 51.5 cm³/mol. The van der Waals surface area contributed by atoms with Crippen molar-refractivity contribution in [1.82, 2.24) is 10.2 Å². The van der Waals surface area contributed by atoms with E-state index in [0.29, 0.717) is 18.0 Å². The molecule has 1 aliphatic carbocycles. The molecule has 1 N–H and O–H groups in total. The first-order valence-corrected chi connectivity index (χ1v) is 5.25. The van der Waals surface area contributed by atoms with E-state index in [1.165, 1.54) is 6.42 Å². The lowest BCUT2D eigenvalue weighted by Gasteiger charge is -2.42. The molecule has 0 aromatic carbocycles. The number of hydrogen-bond donors (Lipinski definition) is 1. The van der Waals surface area contributed by atoms with Gasteiger partial charge in [0.25, 0.3) is 0 Å². The lowest BCUT2D eigenvalue weighted by atomic mass is 9.81. The van der Waals surface area contributed by atoms with Crippen LogP contribution in [-0.2, 0) is 0 Å². The first-order chi connectivity index (χ1) is 6.18. The number of likely N-dealkylation sites (tertiary alicyclic amines) is 1. The van der Waals surface area contributed by atoms with E-state index < -0.39 is 0 Å². The highest BCUT2D eigenvalue weighted by molar-refractivity contribution is 5.75. The highest BCUT2D eigenvalue weighted by Gasteiger charge is 2.33. The lowest BCUT2D eigenvalue weighted by molar-refractivity contribution is 0.112. The zero-order valence-corrected chi connectivity index (χ0v) is 8.42. The van der Waals surface area contributed by atoms with Crippen molar-refractivity contribution in [1.29, 1.82) is 0 Å². The Morgan fingerprint density at radius 1 is 1.31 bits per heavy atom. The van der Waals surface area contributed by atoms with Crippen molar-refractivity contribution in [3.8, 4) is 0 Å². The number of nitrogens with one attached hydrogen (secondary N) is 1. The molecule has 1 saturated heterocycles. The summed E-state index contributed by atoms with van der Waals surface area (Å²) >= 11 is 0. The monoisotopic (exact) mass is 182 g/mol. The van der Waals surface area contributed by atoms with Crippen molar-refractivity contribution in [2.24, 2.45) is 5.92 Å². The third-order valence-corrected chi connectivity index (χ3v) is 3.51. The quantitative estimate of drug-likeness (QED) is 0.656. The van der Waals surface area contributed by atoms with Gasteiger partial charge in [0.2, 0.25) is 0 Å². The molecule has 1 saturated carbocycles. The molecule has 3 atom stereocenters. The molecule has 0 spiro atoms. The van der Waals surface area contributed by atoms with Crippen LogP contribution in [0.4, 0.5) is 4.79 Å². The van der Waals surface area contributed by atoms with Crippen LogP contribution < -0.4 is 5.32 Å².